The van der Waals surface area contributed by atoms with Crippen LogP contribution in [0, 0.1) is 5.41 Å². The van der Waals surface area contributed by atoms with Gasteiger partial charge in [0.1, 0.15) is 0 Å². The minimum atomic E-state index is -0.501. The Morgan fingerprint density at radius 3 is 2.42 bits per heavy atom. The van der Waals surface area contributed by atoms with Gasteiger partial charge < -0.3 is 10.6 Å². The van der Waals surface area contributed by atoms with E-state index in [1.54, 1.807) is 11.1 Å². The molecule has 1 aromatic rings. The van der Waals surface area contributed by atoms with E-state index in [0.29, 0.717) is 6.54 Å². The Morgan fingerprint density at radius 2 is 2.00 bits per heavy atom. The first kappa shape index (κ1) is 15.6. The first-order chi connectivity index (χ1) is 8.73. The van der Waals surface area contributed by atoms with E-state index < -0.39 is 6.04 Å². The molecule has 0 unspecified atom stereocenters. The maximum Gasteiger partial charge on any atom is 0.240 e. The zero-order valence-corrected chi connectivity index (χ0v) is 12.6. The van der Waals surface area contributed by atoms with Crippen molar-refractivity contribution in [1.82, 2.24) is 9.88 Å². The van der Waals surface area contributed by atoms with E-state index >= 15 is 0 Å². The van der Waals surface area contributed by atoms with E-state index in [1.807, 2.05) is 52.8 Å². The third-order valence-electron chi connectivity index (χ3n) is 3.16. The van der Waals surface area contributed by atoms with E-state index in [1.165, 1.54) is 0 Å². The molecule has 2 N–H and O–H groups in total. The Hall–Kier alpha value is -1.42. The summed E-state index contributed by atoms with van der Waals surface area (Å²) in [5.74, 6) is -0.0202. The van der Waals surface area contributed by atoms with Gasteiger partial charge in [-0.05, 0) is 31.4 Å². The van der Waals surface area contributed by atoms with Gasteiger partial charge in [0.2, 0.25) is 5.91 Å². The van der Waals surface area contributed by atoms with E-state index in [0.717, 1.165) is 5.69 Å². The maximum absolute atomic E-state index is 12.5. The molecule has 0 saturated heterocycles. The lowest BCUT2D eigenvalue weighted by molar-refractivity contribution is -0.137. The molecule has 4 nitrogen and oxygen atoms in total. The Kier molecular flexibility index (Phi) is 5.06. The van der Waals surface area contributed by atoms with Gasteiger partial charge in [-0.2, -0.15) is 0 Å². The number of carbonyl (C=O) groups is 1. The van der Waals surface area contributed by atoms with Crippen LogP contribution in [0.25, 0.3) is 0 Å². The first-order valence-electron chi connectivity index (χ1n) is 6.69. The summed E-state index contributed by atoms with van der Waals surface area (Å²) >= 11 is 0. The largest absolute Gasteiger partial charge is 0.333 e. The summed E-state index contributed by atoms with van der Waals surface area (Å²) in [7, 11) is 0. The first-order valence-corrected chi connectivity index (χ1v) is 6.69. The minimum Gasteiger partial charge on any atom is -0.333 e. The van der Waals surface area contributed by atoms with Crippen LogP contribution in [0.2, 0.25) is 0 Å². The van der Waals surface area contributed by atoms with Gasteiger partial charge in [-0.25, -0.2) is 0 Å². The normalized spacial score (nSPS) is 13.4. The van der Waals surface area contributed by atoms with Crippen molar-refractivity contribution in [3.8, 4) is 0 Å². The van der Waals surface area contributed by atoms with Gasteiger partial charge in [-0.3, -0.25) is 9.78 Å². The number of pyridine rings is 1. The van der Waals surface area contributed by atoms with Crippen LogP contribution in [-0.4, -0.2) is 27.9 Å². The topological polar surface area (TPSA) is 59.2 Å². The fraction of sp³-hybridized carbons (Fsp3) is 0.600. The highest BCUT2D eigenvalue weighted by Gasteiger charge is 2.32. The van der Waals surface area contributed by atoms with Crippen LogP contribution in [-0.2, 0) is 11.3 Å². The molecule has 0 aromatic carbocycles. The van der Waals surface area contributed by atoms with Gasteiger partial charge >= 0.3 is 0 Å². The van der Waals surface area contributed by atoms with Crippen molar-refractivity contribution >= 4 is 5.91 Å². The number of nitrogens with zero attached hydrogens (tertiary/aromatic N) is 2. The molecule has 0 radical (unpaired) electrons. The molecule has 0 fully saturated rings. The highest BCUT2D eigenvalue weighted by molar-refractivity contribution is 5.82. The summed E-state index contributed by atoms with van der Waals surface area (Å²) in [5.41, 5.74) is 6.71. The van der Waals surface area contributed by atoms with Crippen LogP contribution in [0.1, 0.15) is 40.3 Å². The van der Waals surface area contributed by atoms with Crippen LogP contribution in [0.4, 0.5) is 0 Å². The second-order valence-electron chi connectivity index (χ2n) is 6.22. The third-order valence-corrected chi connectivity index (χ3v) is 3.16. The number of hydrogen-bond acceptors (Lipinski definition) is 3. The highest BCUT2D eigenvalue weighted by Crippen LogP contribution is 2.20. The molecule has 1 atom stereocenters. The Balaban J connectivity index is 2.87. The van der Waals surface area contributed by atoms with Crippen molar-refractivity contribution in [1.29, 1.82) is 0 Å². The summed E-state index contributed by atoms with van der Waals surface area (Å²) in [5, 5.41) is 0. The molecule has 4 heteroatoms. The van der Waals surface area contributed by atoms with Crippen LogP contribution in [0.15, 0.2) is 24.4 Å². The molecule has 19 heavy (non-hydrogen) atoms. The van der Waals surface area contributed by atoms with Gasteiger partial charge in [-0.1, -0.05) is 26.8 Å². The standard InChI is InChI=1S/C15H25N3O/c1-11(2)18(10-12-8-6-7-9-17-12)14(19)13(16)15(3,4)5/h6-9,11,13H,10,16H2,1-5H3/t13-/m1/s1. The van der Waals surface area contributed by atoms with Crippen LogP contribution in [0.3, 0.4) is 0 Å². The van der Waals surface area contributed by atoms with E-state index in [9.17, 15) is 4.79 Å². The molecular formula is C15H25N3O. The van der Waals surface area contributed by atoms with Crippen molar-refractivity contribution in [2.45, 2.75) is 53.2 Å². The van der Waals surface area contributed by atoms with Crippen LogP contribution < -0.4 is 5.73 Å². The van der Waals surface area contributed by atoms with Crippen molar-refractivity contribution in [3.63, 3.8) is 0 Å². The zero-order valence-electron chi connectivity index (χ0n) is 12.6. The Labute approximate surface area is 116 Å². The SMILES string of the molecule is CC(C)N(Cc1ccccn1)C(=O)[C@@H](N)C(C)(C)C. The molecular weight excluding hydrogens is 238 g/mol. The lowest BCUT2D eigenvalue weighted by atomic mass is 9.86. The quantitative estimate of drug-likeness (QED) is 0.906. The van der Waals surface area contributed by atoms with Crippen molar-refractivity contribution < 1.29 is 4.79 Å². The Morgan fingerprint density at radius 1 is 1.37 bits per heavy atom. The number of rotatable bonds is 4. The number of amides is 1. The third kappa shape index (κ3) is 4.31. The molecule has 0 aliphatic carbocycles. The monoisotopic (exact) mass is 263 g/mol. The highest BCUT2D eigenvalue weighted by atomic mass is 16.2. The van der Waals surface area contributed by atoms with Crippen molar-refractivity contribution in [3.05, 3.63) is 30.1 Å². The molecule has 1 aromatic heterocycles. The van der Waals surface area contributed by atoms with Crippen molar-refractivity contribution in [2.24, 2.45) is 11.1 Å². The fourth-order valence-corrected chi connectivity index (χ4v) is 1.73. The number of carbonyl (C=O) groups excluding carboxylic acids is 1. The maximum atomic E-state index is 12.5. The Bertz CT molecular complexity index is 409. The second kappa shape index (κ2) is 6.15. The molecule has 1 rings (SSSR count). The summed E-state index contributed by atoms with van der Waals surface area (Å²) in [6, 6.07) is 5.31. The smallest absolute Gasteiger partial charge is 0.240 e. The molecule has 1 heterocycles. The molecule has 0 aliphatic heterocycles. The predicted octanol–water partition coefficient (Wildman–Crippen LogP) is 2.19. The molecule has 106 valence electrons. The summed E-state index contributed by atoms with van der Waals surface area (Å²) in [6.45, 7) is 10.4. The van der Waals surface area contributed by atoms with Gasteiger partial charge in [0.05, 0.1) is 18.3 Å². The van der Waals surface area contributed by atoms with Gasteiger partial charge in [0.15, 0.2) is 0 Å². The number of nitrogens with two attached hydrogens (primary N) is 1. The lowest BCUT2D eigenvalue weighted by Crippen LogP contribution is -2.52. The summed E-state index contributed by atoms with van der Waals surface area (Å²) in [6.07, 6.45) is 1.74. The number of aromatic nitrogens is 1. The summed E-state index contributed by atoms with van der Waals surface area (Å²) in [4.78, 5) is 18.6. The van der Waals surface area contributed by atoms with Gasteiger partial charge in [0.25, 0.3) is 0 Å². The van der Waals surface area contributed by atoms with Crippen molar-refractivity contribution in [2.75, 3.05) is 0 Å². The van der Waals surface area contributed by atoms with Gasteiger partial charge in [-0.15, -0.1) is 0 Å². The minimum absolute atomic E-state index is 0.0202. The molecule has 0 spiro atoms. The van der Waals surface area contributed by atoms with Gasteiger partial charge in [0, 0.05) is 12.2 Å². The van der Waals surface area contributed by atoms with E-state index in [4.69, 9.17) is 5.73 Å². The predicted molar refractivity (Wildman–Crippen MR) is 77.4 cm³/mol. The molecule has 0 aliphatic rings. The average molecular weight is 263 g/mol. The second-order valence-corrected chi connectivity index (χ2v) is 6.22. The van der Waals surface area contributed by atoms with Crippen LogP contribution >= 0.6 is 0 Å². The molecule has 0 bridgehead atoms. The molecule has 0 saturated carbocycles. The average Bonchev–Trinajstić information content (AvgIpc) is 2.34. The number of hydrogen-bond donors (Lipinski definition) is 1. The van der Waals surface area contributed by atoms with E-state index in [2.05, 4.69) is 4.98 Å². The van der Waals surface area contributed by atoms with E-state index in [-0.39, 0.29) is 17.4 Å². The van der Waals surface area contributed by atoms with Crippen LogP contribution in [0.5, 0.6) is 0 Å². The summed E-state index contributed by atoms with van der Waals surface area (Å²) < 4.78 is 0. The molecule has 1 amide bonds. The lowest BCUT2D eigenvalue weighted by Gasteiger charge is -2.34. The zero-order chi connectivity index (χ0) is 14.6. The fourth-order valence-electron chi connectivity index (χ4n) is 1.73.